The largest absolute Gasteiger partial charge is 0.496 e. The number of hydrogen-bond acceptors (Lipinski definition) is 2. The number of benzene rings is 2. The molecule has 0 unspecified atom stereocenters. The number of para-hydroxylation sites is 2. The number of carbonyl (C=O) groups is 1. The molecule has 0 bridgehead atoms. The molecular weight excluding hydrogens is 271 g/mol. The predicted octanol–water partition coefficient (Wildman–Crippen LogP) is 3.63. The number of halogens is 1. The molecule has 2 aromatic rings. The van der Waals surface area contributed by atoms with Crippen molar-refractivity contribution in [1.82, 2.24) is 5.32 Å². The first-order valence-electron chi connectivity index (χ1n) is 6.32. The Morgan fingerprint density at radius 1 is 1.14 bits per heavy atom. The van der Waals surface area contributed by atoms with Crippen molar-refractivity contribution in [3.8, 4) is 5.75 Å². The molecule has 0 fully saturated rings. The highest BCUT2D eigenvalue weighted by Crippen LogP contribution is 2.18. The summed E-state index contributed by atoms with van der Waals surface area (Å²) in [6.45, 7) is 0. The van der Waals surface area contributed by atoms with E-state index in [1.54, 1.807) is 25.3 Å². The zero-order chi connectivity index (χ0) is 15.1. The summed E-state index contributed by atoms with van der Waals surface area (Å²) in [6, 6.07) is 12.8. The van der Waals surface area contributed by atoms with Crippen molar-refractivity contribution in [2.24, 2.45) is 0 Å². The maximum atomic E-state index is 13.4. The normalized spacial score (nSPS) is 10.4. The van der Waals surface area contributed by atoms with E-state index >= 15 is 0 Å². The van der Waals surface area contributed by atoms with Crippen LogP contribution in [0, 0.1) is 5.82 Å². The second kappa shape index (κ2) is 7.09. The van der Waals surface area contributed by atoms with E-state index in [0.717, 1.165) is 5.56 Å². The molecule has 5 heteroatoms. The molecule has 108 valence electrons. The standard InChI is InChI=1S/C16H15FN2O2/c1-21-15-9-5-2-6-12(15)10-11-18-16(20)19-14-8-4-3-7-13(14)17/h2-11H,1H3,(H2,18,19,20)/b11-10+. The van der Waals surface area contributed by atoms with E-state index in [1.165, 1.54) is 18.3 Å². The number of hydrogen-bond donors (Lipinski definition) is 2. The zero-order valence-electron chi connectivity index (χ0n) is 11.5. The van der Waals surface area contributed by atoms with Crippen LogP contribution in [-0.2, 0) is 0 Å². The van der Waals surface area contributed by atoms with E-state index in [9.17, 15) is 9.18 Å². The third-order valence-corrected chi connectivity index (χ3v) is 2.74. The van der Waals surface area contributed by atoms with Gasteiger partial charge < -0.3 is 15.4 Å². The number of nitrogens with one attached hydrogen (secondary N) is 2. The van der Waals surface area contributed by atoms with Gasteiger partial charge in [-0.3, -0.25) is 0 Å². The van der Waals surface area contributed by atoms with E-state index in [2.05, 4.69) is 10.6 Å². The van der Waals surface area contributed by atoms with Crippen LogP contribution in [0.5, 0.6) is 5.75 Å². The van der Waals surface area contributed by atoms with Gasteiger partial charge in [0.25, 0.3) is 0 Å². The van der Waals surface area contributed by atoms with Gasteiger partial charge in [-0.25, -0.2) is 9.18 Å². The van der Waals surface area contributed by atoms with Crippen molar-refractivity contribution < 1.29 is 13.9 Å². The molecule has 0 aromatic heterocycles. The number of urea groups is 1. The van der Waals surface area contributed by atoms with Crippen LogP contribution in [0.25, 0.3) is 6.08 Å². The van der Waals surface area contributed by atoms with E-state index in [1.807, 2.05) is 24.3 Å². The second-order valence-corrected chi connectivity index (χ2v) is 4.15. The summed E-state index contributed by atoms with van der Waals surface area (Å²) in [5, 5.41) is 4.92. The minimum atomic E-state index is -0.522. The number of carbonyl (C=O) groups excluding carboxylic acids is 1. The fraction of sp³-hybridized carbons (Fsp3) is 0.0625. The highest BCUT2D eigenvalue weighted by atomic mass is 19.1. The quantitative estimate of drug-likeness (QED) is 0.901. The molecule has 2 N–H and O–H groups in total. The van der Waals surface area contributed by atoms with Crippen LogP contribution < -0.4 is 15.4 Å². The topological polar surface area (TPSA) is 50.4 Å². The van der Waals surface area contributed by atoms with Gasteiger partial charge in [0.15, 0.2) is 0 Å². The van der Waals surface area contributed by atoms with Gasteiger partial charge in [0.2, 0.25) is 0 Å². The lowest BCUT2D eigenvalue weighted by molar-refractivity contribution is 0.255. The van der Waals surface area contributed by atoms with Crippen molar-refractivity contribution in [1.29, 1.82) is 0 Å². The monoisotopic (exact) mass is 286 g/mol. The van der Waals surface area contributed by atoms with Crippen LogP contribution in [0.15, 0.2) is 54.7 Å². The van der Waals surface area contributed by atoms with E-state index in [4.69, 9.17) is 4.74 Å². The first kappa shape index (κ1) is 14.6. The Labute approximate surface area is 122 Å². The van der Waals surface area contributed by atoms with E-state index < -0.39 is 11.8 Å². The molecular formula is C16H15FN2O2. The first-order chi connectivity index (χ1) is 10.2. The molecule has 0 saturated heterocycles. The van der Waals surface area contributed by atoms with Crippen molar-refractivity contribution in [3.63, 3.8) is 0 Å². The summed E-state index contributed by atoms with van der Waals surface area (Å²) in [7, 11) is 1.57. The Bertz CT molecular complexity index is 656. The Morgan fingerprint density at radius 3 is 2.62 bits per heavy atom. The molecule has 0 spiro atoms. The molecule has 2 rings (SSSR count). The lowest BCUT2D eigenvalue weighted by Gasteiger charge is -2.06. The van der Waals surface area contributed by atoms with Crippen LogP contribution in [0.3, 0.4) is 0 Å². The first-order valence-corrected chi connectivity index (χ1v) is 6.32. The summed E-state index contributed by atoms with van der Waals surface area (Å²) < 4.78 is 18.5. The second-order valence-electron chi connectivity index (χ2n) is 4.15. The summed E-state index contributed by atoms with van der Waals surface area (Å²) >= 11 is 0. The molecule has 0 saturated carbocycles. The van der Waals surface area contributed by atoms with Gasteiger partial charge in [-0.15, -0.1) is 0 Å². The number of amides is 2. The predicted molar refractivity (Wildman–Crippen MR) is 80.6 cm³/mol. The summed E-state index contributed by atoms with van der Waals surface area (Å²) in [5.41, 5.74) is 0.951. The van der Waals surface area contributed by atoms with Gasteiger partial charge >= 0.3 is 6.03 Å². The lowest BCUT2D eigenvalue weighted by atomic mass is 10.2. The van der Waals surface area contributed by atoms with Gasteiger partial charge in [0.05, 0.1) is 12.8 Å². The van der Waals surface area contributed by atoms with Crippen molar-refractivity contribution in [2.75, 3.05) is 12.4 Å². The Balaban J connectivity index is 1.95. The molecule has 0 aliphatic rings. The van der Waals surface area contributed by atoms with Crippen LogP contribution in [-0.4, -0.2) is 13.1 Å². The fourth-order valence-corrected chi connectivity index (χ4v) is 1.73. The zero-order valence-corrected chi connectivity index (χ0v) is 11.5. The van der Waals surface area contributed by atoms with Gasteiger partial charge in [-0.05, 0) is 24.3 Å². The molecule has 2 aromatic carbocycles. The summed E-state index contributed by atoms with van der Waals surface area (Å²) in [5.74, 6) is 0.214. The van der Waals surface area contributed by atoms with Gasteiger partial charge in [0.1, 0.15) is 11.6 Å². The number of ether oxygens (including phenoxy) is 1. The Kier molecular flexibility index (Phi) is 4.93. The van der Waals surface area contributed by atoms with Crippen LogP contribution >= 0.6 is 0 Å². The van der Waals surface area contributed by atoms with E-state index in [0.29, 0.717) is 5.75 Å². The van der Waals surface area contributed by atoms with Crippen LogP contribution in [0.1, 0.15) is 5.56 Å². The summed E-state index contributed by atoms with van der Waals surface area (Å²) in [6.07, 6.45) is 3.16. The molecule has 0 aliphatic heterocycles. The van der Waals surface area contributed by atoms with Gasteiger partial charge in [-0.2, -0.15) is 0 Å². The summed E-state index contributed by atoms with van der Waals surface area (Å²) in [4.78, 5) is 11.6. The molecule has 4 nitrogen and oxygen atoms in total. The molecule has 0 atom stereocenters. The average Bonchev–Trinajstić information content (AvgIpc) is 2.50. The average molecular weight is 286 g/mol. The number of anilines is 1. The van der Waals surface area contributed by atoms with Crippen molar-refractivity contribution in [2.45, 2.75) is 0 Å². The number of rotatable bonds is 4. The third-order valence-electron chi connectivity index (χ3n) is 2.74. The van der Waals surface area contributed by atoms with Crippen LogP contribution in [0.2, 0.25) is 0 Å². The minimum absolute atomic E-state index is 0.126. The minimum Gasteiger partial charge on any atom is -0.496 e. The molecule has 0 heterocycles. The molecule has 2 amide bonds. The maximum Gasteiger partial charge on any atom is 0.323 e. The Hall–Kier alpha value is -2.82. The van der Waals surface area contributed by atoms with Gasteiger partial charge in [-0.1, -0.05) is 30.3 Å². The Morgan fingerprint density at radius 2 is 1.86 bits per heavy atom. The number of methoxy groups -OCH3 is 1. The van der Waals surface area contributed by atoms with Gasteiger partial charge in [0, 0.05) is 11.8 Å². The highest BCUT2D eigenvalue weighted by Gasteiger charge is 2.04. The van der Waals surface area contributed by atoms with Crippen molar-refractivity contribution in [3.05, 3.63) is 66.1 Å². The lowest BCUT2D eigenvalue weighted by Crippen LogP contribution is -2.24. The smallest absolute Gasteiger partial charge is 0.323 e. The SMILES string of the molecule is COc1ccccc1/C=C/NC(=O)Nc1ccccc1F. The molecule has 21 heavy (non-hydrogen) atoms. The van der Waals surface area contributed by atoms with Crippen molar-refractivity contribution >= 4 is 17.8 Å². The fourth-order valence-electron chi connectivity index (χ4n) is 1.73. The highest BCUT2D eigenvalue weighted by molar-refractivity contribution is 5.90. The van der Waals surface area contributed by atoms with E-state index in [-0.39, 0.29) is 5.69 Å². The third kappa shape index (κ3) is 4.07. The molecule has 0 radical (unpaired) electrons. The molecule has 0 aliphatic carbocycles. The maximum absolute atomic E-state index is 13.4. The van der Waals surface area contributed by atoms with Crippen LogP contribution in [0.4, 0.5) is 14.9 Å².